The summed E-state index contributed by atoms with van der Waals surface area (Å²) in [5.74, 6) is 0.405. The van der Waals surface area contributed by atoms with Crippen LogP contribution in [0.2, 0.25) is 0 Å². The van der Waals surface area contributed by atoms with Gasteiger partial charge in [0, 0.05) is 18.6 Å². The Morgan fingerprint density at radius 3 is 2.25 bits per heavy atom. The highest BCUT2D eigenvalue weighted by Gasteiger charge is 2.30. The van der Waals surface area contributed by atoms with Crippen molar-refractivity contribution < 1.29 is 18.1 Å². The topological polar surface area (TPSA) is 78.0 Å². The molecule has 9 heteroatoms. The first-order chi connectivity index (χ1) is 15.2. The summed E-state index contributed by atoms with van der Waals surface area (Å²) in [6.07, 6.45) is -4.15. The summed E-state index contributed by atoms with van der Waals surface area (Å²) in [6.45, 7) is -0.0230. The fourth-order valence-electron chi connectivity index (χ4n) is 3.43. The molecule has 1 aromatic heterocycles. The van der Waals surface area contributed by atoms with Gasteiger partial charge in [-0.1, -0.05) is 42.5 Å². The number of halogens is 3. The van der Waals surface area contributed by atoms with Crippen molar-refractivity contribution in [3.05, 3.63) is 116 Å². The predicted molar refractivity (Wildman–Crippen MR) is 112 cm³/mol. The van der Waals surface area contributed by atoms with Crippen LogP contribution in [-0.4, -0.2) is 14.5 Å². The molecule has 32 heavy (non-hydrogen) atoms. The molecule has 162 valence electrons. The second kappa shape index (κ2) is 8.26. The van der Waals surface area contributed by atoms with E-state index in [0.29, 0.717) is 23.3 Å². The quantitative estimate of drug-likeness (QED) is 0.325. The number of nitrogens with zero attached hydrogens (tertiary/aromatic N) is 3. The molecule has 6 nitrogen and oxygen atoms in total. The number of nitro benzene ring substituents is 1. The van der Waals surface area contributed by atoms with Gasteiger partial charge in [0.2, 0.25) is 0 Å². The van der Waals surface area contributed by atoms with Crippen LogP contribution in [0.4, 0.5) is 18.9 Å². The first-order valence-corrected chi connectivity index (χ1v) is 9.60. The van der Waals surface area contributed by atoms with Gasteiger partial charge < -0.3 is 0 Å². The molecule has 3 aromatic carbocycles. The SMILES string of the molecule is O=c1c2cc([N+](=O)[O-])ccc2nc(Cc2ccccc2)n1Cc1ccc(C(F)(F)F)cc1. The van der Waals surface area contributed by atoms with Crippen LogP contribution in [0.15, 0.2) is 77.6 Å². The summed E-state index contributed by atoms with van der Waals surface area (Å²) in [5.41, 5.74) is 0.154. The van der Waals surface area contributed by atoms with E-state index in [1.54, 1.807) is 0 Å². The number of non-ortho nitro benzene ring substituents is 1. The number of nitro groups is 1. The maximum atomic E-state index is 13.3. The first-order valence-electron chi connectivity index (χ1n) is 9.60. The van der Waals surface area contributed by atoms with Crippen LogP contribution in [0.5, 0.6) is 0 Å². The minimum atomic E-state index is -4.46. The van der Waals surface area contributed by atoms with E-state index < -0.39 is 22.2 Å². The molecular weight excluding hydrogens is 423 g/mol. The van der Waals surface area contributed by atoms with Gasteiger partial charge in [0.05, 0.1) is 27.9 Å². The highest BCUT2D eigenvalue weighted by Crippen LogP contribution is 2.29. The molecule has 0 fully saturated rings. The fourth-order valence-corrected chi connectivity index (χ4v) is 3.43. The standard InChI is InChI=1S/C23H16F3N3O3/c24-23(25,26)17-8-6-16(7-9-17)14-28-21(12-15-4-2-1-3-5-15)27-20-11-10-18(29(31)32)13-19(20)22(28)30/h1-11,13H,12,14H2. The third kappa shape index (κ3) is 4.36. The van der Waals surface area contributed by atoms with Crippen LogP contribution in [0.3, 0.4) is 0 Å². The molecule has 0 saturated heterocycles. The van der Waals surface area contributed by atoms with Crippen molar-refractivity contribution in [1.29, 1.82) is 0 Å². The maximum absolute atomic E-state index is 13.3. The molecule has 4 aromatic rings. The van der Waals surface area contributed by atoms with Gasteiger partial charge in [-0.05, 0) is 29.3 Å². The van der Waals surface area contributed by atoms with E-state index in [1.807, 2.05) is 30.3 Å². The number of benzene rings is 3. The van der Waals surface area contributed by atoms with Crippen molar-refractivity contribution in [3.8, 4) is 0 Å². The second-order valence-corrected chi connectivity index (χ2v) is 7.23. The summed E-state index contributed by atoms with van der Waals surface area (Å²) < 4.78 is 40.0. The van der Waals surface area contributed by atoms with Gasteiger partial charge in [-0.25, -0.2) is 4.98 Å². The van der Waals surface area contributed by atoms with E-state index in [9.17, 15) is 28.1 Å². The first kappa shape index (κ1) is 21.2. The molecule has 0 amide bonds. The number of fused-ring (bicyclic) bond motifs is 1. The Balaban J connectivity index is 1.83. The van der Waals surface area contributed by atoms with Crippen LogP contribution in [-0.2, 0) is 19.1 Å². The zero-order valence-corrected chi connectivity index (χ0v) is 16.5. The fraction of sp³-hybridized carbons (Fsp3) is 0.130. The Hall–Kier alpha value is -4.01. The van der Waals surface area contributed by atoms with Gasteiger partial charge in [-0.3, -0.25) is 19.5 Å². The third-order valence-corrected chi connectivity index (χ3v) is 5.05. The Bertz CT molecular complexity index is 1350. The van der Waals surface area contributed by atoms with E-state index in [1.165, 1.54) is 34.9 Å². The van der Waals surface area contributed by atoms with Crippen molar-refractivity contribution in [2.75, 3.05) is 0 Å². The monoisotopic (exact) mass is 439 g/mol. The number of alkyl halides is 3. The van der Waals surface area contributed by atoms with E-state index in [-0.39, 0.29) is 17.6 Å². The Morgan fingerprint density at radius 2 is 1.62 bits per heavy atom. The zero-order valence-electron chi connectivity index (χ0n) is 16.5. The van der Waals surface area contributed by atoms with Gasteiger partial charge in [-0.15, -0.1) is 0 Å². The summed E-state index contributed by atoms with van der Waals surface area (Å²) in [5, 5.41) is 11.2. The molecule has 1 heterocycles. The smallest absolute Gasteiger partial charge is 0.291 e. The Labute approximate surface area is 179 Å². The van der Waals surface area contributed by atoms with Gasteiger partial charge in [-0.2, -0.15) is 13.2 Å². The van der Waals surface area contributed by atoms with Crippen LogP contribution >= 0.6 is 0 Å². The molecule has 0 saturated carbocycles. The Morgan fingerprint density at radius 1 is 0.938 bits per heavy atom. The minimum Gasteiger partial charge on any atom is -0.291 e. The summed E-state index contributed by atoms with van der Waals surface area (Å²) in [6, 6.07) is 17.7. The number of rotatable bonds is 5. The van der Waals surface area contributed by atoms with Crippen molar-refractivity contribution in [2.45, 2.75) is 19.1 Å². The summed E-state index contributed by atoms with van der Waals surface area (Å²) in [7, 11) is 0. The van der Waals surface area contributed by atoms with E-state index in [0.717, 1.165) is 17.7 Å². The summed E-state index contributed by atoms with van der Waals surface area (Å²) >= 11 is 0. The van der Waals surface area contributed by atoms with Crippen molar-refractivity contribution in [2.24, 2.45) is 0 Å². The van der Waals surface area contributed by atoms with Crippen molar-refractivity contribution >= 4 is 16.6 Å². The minimum absolute atomic E-state index is 0.0230. The van der Waals surface area contributed by atoms with E-state index in [4.69, 9.17) is 0 Å². The van der Waals surface area contributed by atoms with Crippen molar-refractivity contribution in [1.82, 2.24) is 9.55 Å². The van der Waals surface area contributed by atoms with Gasteiger partial charge in [0.15, 0.2) is 0 Å². The largest absolute Gasteiger partial charge is 0.416 e. The van der Waals surface area contributed by atoms with Crippen LogP contribution in [0.1, 0.15) is 22.5 Å². The van der Waals surface area contributed by atoms with Gasteiger partial charge in [0.1, 0.15) is 5.82 Å². The lowest BCUT2D eigenvalue weighted by Gasteiger charge is -2.15. The molecule has 0 radical (unpaired) electrons. The van der Waals surface area contributed by atoms with Crippen LogP contribution in [0.25, 0.3) is 10.9 Å². The summed E-state index contributed by atoms with van der Waals surface area (Å²) in [4.78, 5) is 28.3. The predicted octanol–water partition coefficient (Wildman–Crippen LogP) is 4.96. The molecule has 0 bridgehead atoms. The van der Waals surface area contributed by atoms with Gasteiger partial charge >= 0.3 is 6.18 Å². The molecular formula is C23H16F3N3O3. The molecule has 0 spiro atoms. The number of hydrogen-bond acceptors (Lipinski definition) is 4. The lowest BCUT2D eigenvalue weighted by atomic mass is 10.1. The van der Waals surface area contributed by atoms with E-state index >= 15 is 0 Å². The molecule has 0 aliphatic carbocycles. The molecule has 0 N–H and O–H groups in total. The molecule has 4 rings (SSSR count). The van der Waals surface area contributed by atoms with Crippen molar-refractivity contribution in [3.63, 3.8) is 0 Å². The molecule has 0 atom stereocenters. The van der Waals surface area contributed by atoms with E-state index in [2.05, 4.69) is 4.98 Å². The normalized spacial score (nSPS) is 11.6. The lowest BCUT2D eigenvalue weighted by Crippen LogP contribution is -2.26. The number of hydrogen-bond donors (Lipinski definition) is 0. The highest BCUT2D eigenvalue weighted by atomic mass is 19.4. The average molecular weight is 439 g/mol. The highest BCUT2D eigenvalue weighted by molar-refractivity contribution is 5.80. The average Bonchev–Trinajstić information content (AvgIpc) is 2.76. The molecule has 0 aliphatic heterocycles. The maximum Gasteiger partial charge on any atom is 0.416 e. The third-order valence-electron chi connectivity index (χ3n) is 5.05. The Kier molecular flexibility index (Phi) is 5.48. The molecule has 0 unspecified atom stereocenters. The lowest BCUT2D eigenvalue weighted by molar-refractivity contribution is -0.384. The number of aromatic nitrogens is 2. The zero-order chi connectivity index (χ0) is 22.9. The van der Waals surface area contributed by atoms with Gasteiger partial charge in [0.25, 0.3) is 11.2 Å². The molecule has 0 aliphatic rings. The second-order valence-electron chi connectivity index (χ2n) is 7.23. The van der Waals surface area contributed by atoms with Crippen LogP contribution < -0.4 is 5.56 Å². The van der Waals surface area contributed by atoms with Crippen LogP contribution in [0, 0.1) is 10.1 Å².